The Balaban J connectivity index is 1.49. The quantitative estimate of drug-likeness (QED) is 0.417. The van der Waals surface area contributed by atoms with Crippen LogP contribution in [0.1, 0.15) is 37.1 Å². The number of aryl methyl sites for hydroxylation is 3. The van der Waals surface area contributed by atoms with Crippen molar-refractivity contribution in [1.82, 2.24) is 14.9 Å². The lowest BCUT2D eigenvalue weighted by molar-refractivity contribution is -0.124. The highest BCUT2D eigenvalue weighted by Gasteiger charge is 2.10. The summed E-state index contributed by atoms with van der Waals surface area (Å²) in [5.41, 5.74) is 3.43. The fourth-order valence-electron chi connectivity index (χ4n) is 3.68. The van der Waals surface area contributed by atoms with Gasteiger partial charge in [0.05, 0.1) is 17.6 Å². The predicted molar refractivity (Wildman–Crippen MR) is 123 cm³/mol. The minimum absolute atomic E-state index is 0.0582. The number of benzene rings is 2. The second-order valence-electron chi connectivity index (χ2n) is 7.78. The summed E-state index contributed by atoms with van der Waals surface area (Å²) in [6, 6.07) is 16.5. The fourth-order valence-corrected chi connectivity index (χ4v) is 3.68. The molecule has 0 atom stereocenters. The van der Waals surface area contributed by atoms with Gasteiger partial charge in [0.15, 0.2) is 0 Å². The largest absolute Gasteiger partial charge is 0.494 e. The average molecular weight is 424 g/mol. The zero-order chi connectivity index (χ0) is 21.9. The van der Waals surface area contributed by atoms with Crippen LogP contribution in [-0.2, 0) is 22.5 Å². The number of hydrogen-bond acceptors (Lipinski definition) is 4. The molecule has 3 rings (SSSR count). The Kier molecular flexibility index (Phi) is 8.91. The summed E-state index contributed by atoms with van der Waals surface area (Å²) in [4.78, 5) is 16.3. The van der Waals surface area contributed by atoms with Crippen molar-refractivity contribution in [3.8, 4) is 5.75 Å². The number of ether oxygens (including phenoxy) is 2. The van der Waals surface area contributed by atoms with E-state index in [1.807, 2.05) is 18.2 Å². The van der Waals surface area contributed by atoms with Crippen LogP contribution < -0.4 is 10.1 Å². The molecule has 0 unspecified atom stereocenters. The molecule has 31 heavy (non-hydrogen) atoms. The Morgan fingerprint density at radius 3 is 2.77 bits per heavy atom. The number of aromatic nitrogens is 2. The van der Waals surface area contributed by atoms with Gasteiger partial charge in [0.2, 0.25) is 5.91 Å². The van der Waals surface area contributed by atoms with Crippen molar-refractivity contribution in [1.29, 1.82) is 0 Å². The third kappa shape index (κ3) is 7.10. The minimum atomic E-state index is -0.0582. The summed E-state index contributed by atoms with van der Waals surface area (Å²) in [5.74, 6) is 1.99. The summed E-state index contributed by atoms with van der Waals surface area (Å²) < 4.78 is 13.1. The van der Waals surface area contributed by atoms with Crippen molar-refractivity contribution in [2.24, 2.45) is 0 Å². The molecule has 0 fully saturated rings. The van der Waals surface area contributed by atoms with Crippen LogP contribution in [-0.4, -0.2) is 42.3 Å². The molecule has 0 radical (unpaired) electrons. The van der Waals surface area contributed by atoms with Gasteiger partial charge < -0.3 is 19.4 Å². The standard InChI is InChI=1S/C25H33N3O3/c1-20-10-8-11-21(18-20)31-17-9-16-28-23-13-6-5-12-22(23)27-24(28)14-4-3-7-15-26-25(29)19-30-2/h5-6,8,10-13,18H,3-4,7,9,14-17,19H2,1-2H3,(H,26,29). The second kappa shape index (κ2) is 12.1. The molecule has 1 aromatic heterocycles. The SMILES string of the molecule is COCC(=O)NCCCCCc1nc2ccccc2n1CCCOc1cccc(C)c1. The van der Waals surface area contributed by atoms with Gasteiger partial charge in [0.25, 0.3) is 0 Å². The molecule has 6 nitrogen and oxygen atoms in total. The summed E-state index contributed by atoms with van der Waals surface area (Å²) in [7, 11) is 1.53. The first-order valence-electron chi connectivity index (χ1n) is 11.1. The molecule has 1 N–H and O–H groups in total. The van der Waals surface area contributed by atoms with E-state index in [0.29, 0.717) is 13.2 Å². The van der Waals surface area contributed by atoms with Gasteiger partial charge >= 0.3 is 0 Å². The number of nitrogens with one attached hydrogen (secondary N) is 1. The van der Waals surface area contributed by atoms with Crippen molar-refractivity contribution in [2.75, 3.05) is 26.9 Å². The Morgan fingerprint density at radius 1 is 1.06 bits per heavy atom. The molecule has 0 aliphatic rings. The number of methoxy groups -OCH3 is 1. The van der Waals surface area contributed by atoms with Gasteiger partial charge in [-0.2, -0.15) is 0 Å². The average Bonchev–Trinajstić information content (AvgIpc) is 3.11. The van der Waals surface area contributed by atoms with Crippen molar-refractivity contribution in [2.45, 2.75) is 45.6 Å². The van der Waals surface area contributed by atoms with E-state index < -0.39 is 0 Å². The third-order valence-corrected chi connectivity index (χ3v) is 5.19. The monoisotopic (exact) mass is 423 g/mol. The first kappa shape index (κ1) is 22.8. The van der Waals surface area contributed by atoms with Gasteiger partial charge in [-0.15, -0.1) is 0 Å². The van der Waals surface area contributed by atoms with E-state index >= 15 is 0 Å². The number of hydrogen-bond donors (Lipinski definition) is 1. The topological polar surface area (TPSA) is 65.4 Å². The first-order chi connectivity index (χ1) is 15.2. The molecular weight excluding hydrogens is 390 g/mol. The Labute approximate surface area is 184 Å². The summed E-state index contributed by atoms with van der Waals surface area (Å²) in [6.45, 7) is 4.45. The maximum atomic E-state index is 11.4. The Bertz CT molecular complexity index is 968. The molecule has 0 saturated heterocycles. The van der Waals surface area contributed by atoms with E-state index in [-0.39, 0.29) is 12.5 Å². The lowest BCUT2D eigenvalue weighted by Crippen LogP contribution is -2.27. The molecular formula is C25H33N3O3. The summed E-state index contributed by atoms with van der Waals surface area (Å²) >= 11 is 0. The number of fused-ring (bicyclic) bond motifs is 1. The van der Waals surface area contributed by atoms with Crippen LogP contribution in [0.2, 0.25) is 0 Å². The number of unbranched alkanes of at least 4 members (excludes halogenated alkanes) is 2. The van der Waals surface area contributed by atoms with Crippen LogP contribution in [0.15, 0.2) is 48.5 Å². The number of carbonyl (C=O) groups is 1. The van der Waals surface area contributed by atoms with E-state index in [2.05, 4.69) is 47.1 Å². The van der Waals surface area contributed by atoms with Crippen LogP contribution in [0.3, 0.4) is 0 Å². The fraction of sp³-hybridized carbons (Fsp3) is 0.440. The first-order valence-corrected chi connectivity index (χ1v) is 11.1. The molecule has 1 heterocycles. The van der Waals surface area contributed by atoms with Gasteiger partial charge in [-0.1, -0.05) is 30.7 Å². The third-order valence-electron chi connectivity index (χ3n) is 5.19. The van der Waals surface area contributed by atoms with Gasteiger partial charge in [-0.25, -0.2) is 4.98 Å². The predicted octanol–water partition coefficient (Wildman–Crippen LogP) is 4.29. The molecule has 1 amide bonds. The van der Waals surface area contributed by atoms with Crippen molar-refractivity contribution >= 4 is 16.9 Å². The van der Waals surface area contributed by atoms with E-state index in [1.54, 1.807) is 0 Å². The van der Waals surface area contributed by atoms with E-state index in [9.17, 15) is 4.79 Å². The van der Waals surface area contributed by atoms with E-state index in [1.165, 1.54) is 18.2 Å². The molecule has 3 aromatic rings. The van der Waals surface area contributed by atoms with E-state index in [4.69, 9.17) is 14.5 Å². The summed E-state index contributed by atoms with van der Waals surface area (Å²) in [6.07, 6.45) is 4.91. The maximum Gasteiger partial charge on any atom is 0.245 e. The van der Waals surface area contributed by atoms with Crippen LogP contribution in [0.4, 0.5) is 0 Å². The molecule has 6 heteroatoms. The van der Waals surface area contributed by atoms with Gasteiger partial charge in [0, 0.05) is 26.6 Å². The lowest BCUT2D eigenvalue weighted by atomic mass is 10.2. The Morgan fingerprint density at radius 2 is 1.94 bits per heavy atom. The molecule has 0 bridgehead atoms. The highest BCUT2D eigenvalue weighted by Crippen LogP contribution is 2.19. The number of amides is 1. The van der Waals surface area contributed by atoms with Crippen molar-refractivity contribution < 1.29 is 14.3 Å². The molecule has 2 aromatic carbocycles. The smallest absolute Gasteiger partial charge is 0.245 e. The van der Waals surface area contributed by atoms with Crippen LogP contribution in [0, 0.1) is 6.92 Å². The number of imidazole rings is 1. The van der Waals surface area contributed by atoms with Crippen LogP contribution in [0.25, 0.3) is 11.0 Å². The molecule has 0 aliphatic carbocycles. The molecule has 166 valence electrons. The van der Waals surface area contributed by atoms with E-state index in [0.717, 1.165) is 55.7 Å². The zero-order valence-electron chi connectivity index (χ0n) is 18.6. The summed E-state index contributed by atoms with van der Waals surface area (Å²) in [5, 5.41) is 2.87. The van der Waals surface area contributed by atoms with Gasteiger partial charge in [-0.3, -0.25) is 4.79 Å². The highest BCUT2D eigenvalue weighted by molar-refractivity contribution is 5.77. The van der Waals surface area contributed by atoms with Crippen molar-refractivity contribution in [3.63, 3.8) is 0 Å². The number of nitrogens with zero attached hydrogens (tertiary/aromatic N) is 2. The minimum Gasteiger partial charge on any atom is -0.494 e. The Hall–Kier alpha value is -2.86. The molecule has 0 spiro atoms. The second-order valence-corrected chi connectivity index (χ2v) is 7.78. The van der Waals surface area contributed by atoms with Crippen LogP contribution >= 0.6 is 0 Å². The molecule has 0 saturated carbocycles. The van der Waals surface area contributed by atoms with Crippen LogP contribution in [0.5, 0.6) is 5.75 Å². The zero-order valence-corrected chi connectivity index (χ0v) is 18.6. The molecule has 0 aliphatic heterocycles. The number of rotatable bonds is 13. The van der Waals surface area contributed by atoms with Gasteiger partial charge in [0.1, 0.15) is 18.2 Å². The van der Waals surface area contributed by atoms with Crippen molar-refractivity contribution in [3.05, 3.63) is 59.9 Å². The maximum absolute atomic E-state index is 11.4. The number of para-hydroxylation sites is 2. The number of carbonyl (C=O) groups excluding carboxylic acids is 1. The normalized spacial score (nSPS) is 11.0. The van der Waals surface area contributed by atoms with Gasteiger partial charge in [-0.05, 0) is 56.0 Å². The lowest BCUT2D eigenvalue weighted by Gasteiger charge is -2.11. The highest BCUT2D eigenvalue weighted by atomic mass is 16.5.